The van der Waals surface area contributed by atoms with Crippen LogP contribution in [0.2, 0.25) is 0 Å². The molecule has 0 saturated heterocycles. The van der Waals surface area contributed by atoms with Crippen LogP contribution in [0.4, 0.5) is 13.2 Å². The maximum absolute atomic E-state index is 12.9. The van der Waals surface area contributed by atoms with Crippen molar-refractivity contribution in [1.29, 1.82) is 0 Å². The minimum atomic E-state index is -4.46. The quantitative estimate of drug-likeness (QED) is 0.621. The van der Waals surface area contributed by atoms with Gasteiger partial charge in [0.1, 0.15) is 6.04 Å². The van der Waals surface area contributed by atoms with Gasteiger partial charge in [0.25, 0.3) is 0 Å². The molecule has 0 aliphatic heterocycles. The van der Waals surface area contributed by atoms with Crippen molar-refractivity contribution in [2.75, 3.05) is 6.54 Å². The van der Waals surface area contributed by atoms with Gasteiger partial charge < -0.3 is 15.6 Å². The minimum Gasteiger partial charge on any atom is -0.344 e. The molecule has 0 radical (unpaired) electrons. The van der Waals surface area contributed by atoms with Gasteiger partial charge in [-0.25, -0.2) is 0 Å². The van der Waals surface area contributed by atoms with Gasteiger partial charge in [-0.1, -0.05) is 37.6 Å². The van der Waals surface area contributed by atoms with Gasteiger partial charge in [0, 0.05) is 12.0 Å². The number of unbranched alkanes of at least 4 members (excludes halogenated alkanes) is 2. The van der Waals surface area contributed by atoms with Crippen molar-refractivity contribution in [2.45, 2.75) is 51.7 Å². The van der Waals surface area contributed by atoms with Crippen molar-refractivity contribution in [3.63, 3.8) is 0 Å². The summed E-state index contributed by atoms with van der Waals surface area (Å²) < 4.78 is 43.9. The molecule has 2 aromatic rings. The number of rotatable bonds is 9. The van der Waals surface area contributed by atoms with Crippen molar-refractivity contribution in [3.8, 4) is 11.4 Å². The zero-order valence-electron chi connectivity index (χ0n) is 15.9. The van der Waals surface area contributed by atoms with E-state index in [0.29, 0.717) is 13.0 Å². The molecule has 6 nitrogen and oxygen atoms in total. The third-order valence-corrected chi connectivity index (χ3v) is 4.25. The maximum Gasteiger partial charge on any atom is 0.416 e. The Hall–Kier alpha value is -2.42. The Kier molecular flexibility index (Phi) is 7.56. The molecule has 1 atom stereocenters. The van der Waals surface area contributed by atoms with E-state index >= 15 is 0 Å². The van der Waals surface area contributed by atoms with Crippen LogP contribution in [0.15, 0.2) is 28.8 Å². The van der Waals surface area contributed by atoms with Crippen molar-refractivity contribution in [2.24, 2.45) is 11.7 Å². The monoisotopic (exact) mass is 398 g/mol. The third kappa shape index (κ3) is 6.05. The molecule has 0 fully saturated rings. The van der Waals surface area contributed by atoms with Crippen LogP contribution in [-0.4, -0.2) is 22.6 Å². The minimum absolute atomic E-state index is 0.0391. The fourth-order valence-corrected chi connectivity index (χ4v) is 2.68. The van der Waals surface area contributed by atoms with E-state index in [1.165, 1.54) is 12.1 Å². The molecule has 9 heteroatoms. The number of aromatic nitrogens is 2. The van der Waals surface area contributed by atoms with Gasteiger partial charge >= 0.3 is 6.18 Å². The highest BCUT2D eigenvalue weighted by molar-refractivity contribution is 5.76. The van der Waals surface area contributed by atoms with E-state index in [9.17, 15) is 18.0 Å². The number of carbonyl (C=O) groups excluding carboxylic acids is 1. The molecular weight excluding hydrogens is 373 g/mol. The van der Waals surface area contributed by atoms with Crippen molar-refractivity contribution < 1.29 is 22.5 Å². The SMILES string of the molecule is CC(C)C(NC(=O)CCCCCN)c1nc(-c2cccc(C(F)(F)F)c2)no1. The summed E-state index contributed by atoms with van der Waals surface area (Å²) >= 11 is 0. The predicted molar refractivity (Wildman–Crippen MR) is 98.0 cm³/mol. The Morgan fingerprint density at radius 2 is 2.00 bits per heavy atom. The van der Waals surface area contributed by atoms with Crippen molar-refractivity contribution >= 4 is 5.91 Å². The van der Waals surface area contributed by atoms with E-state index in [-0.39, 0.29) is 29.1 Å². The first-order chi connectivity index (χ1) is 13.2. The molecule has 1 aromatic carbocycles. The third-order valence-electron chi connectivity index (χ3n) is 4.25. The molecule has 154 valence electrons. The number of alkyl halides is 3. The average Bonchev–Trinajstić information content (AvgIpc) is 3.12. The smallest absolute Gasteiger partial charge is 0.344 e. The first-order valence-electron chi connectivity index (χ1n) is 9.23. The molecule has 3 N–H and O–H groups in total. The molecule has 0 saturated carbocycles. The van der Waals surface area contributed by atoms with Gasteiger partial charge in [0.05, 0.1) is 5.56 Å². The normalized spacial score (nSPS) is 13.0. The van der Waals surface area contributed by atoms with E-state index in [2.05, 4.69) is 15.5 Å². The van der Waals surface area contributed by atoms with E-state index in [0.717, 1.165) is 31.4 Å². The van der Waals surface area contributed by atoms with E-state index in [1.54, 1.807) is 0 Å². The topological polar surface area (TPSA) is 94.0 Å². The van der Waals surface area contributed by atoms with Crippen LogP contribution in [0, 0.1) is 5.92 Å². The lowest BCUT2D eigenvalue weighted by Gasteiger charge is -2.18. The molecule has 2 rings (SSSR count). The number of amides is 1. The largest absolute Gasteiger partial charge is 0.416 e. The van der Waals surface area contributed by atoms with Gasteiger partial charge in [0.15, 0.2) is 0 Å². The molecule has 28 heavy (non-hydrogen) atoms. The Morgan fingerprint density at radius 3 is 2.64 bits per heavy atom. The number of nitrogens with zero attached hydrogens (tertiary/aromatic N) is 2. The number of carbonyl (C=O) groups is 1. The van der Waals surface area contributed by atoms with Crippen molar-refractivity contribution in [1.82, 2.24) is 15.5 Å². The second-order valence-corrected chi connectivity index (χ2v) is 6.92. The van der Waals surface area contributed by atoms with Gasteiger partial charge in [-0.05, 0) is 37.4 Å². The Morgan fingerprint density at radius 1 is 1.25 bits per heavy atom. The number of nitrogens with two attached hydrogens (primary N) is 1. The summed E-state index contributed by atoms with van der Waals surface area (Å²) in [5.41, 5.74) is 4.84. The Balaban J connectivity index is 2.12. The Labute approximate surface area is 161 Å². The second-order valence-electron chi connectivity index (χ2n) is 6.92. The van der Waals surface area contributed by atoms with Crippen LogP contribution in [0.3, 0.4) is 0 Å². The number of hydrogen-bond donors (Lipinski definition) is 2. The summed E-state index contributed by atoms with van der Waals surface area (Å²) in [5, 5.41) is 6.65. The lowest BCUT2D eigenvalue weighted by atomic mass is 10.0. The summed E-state index contributed by atoms with van der Waals surface area (Å²) in [4.78, 5) is 16.4. The molecule has 0 aliphatic carbocycles. The highest BCUT2D eigenvalue weighted by atomic mass is 19.4. The molecule has 1 unspecified atom stereocenters. The summed E-state index contributed by atoms with van der Waals surface area (Å²) in [6, 6.07) is 4.19. The number of hydrogen-bond acceptors (Lipinski definition) is 5. The average molecular weight is 398 g/mol. The standard InChI is InChI=1S/C19H25F3N4O2/c1-12(2)16(24-15(27)9-4-3-5-10-23)18-25-17(26-28-18)13-7-6-8-14(11-13)19(20,21)22/h6-8,11-12,16H,3-5,9-10,23H2,1-2H3,(H,24,27). The summed E-state index contributed by atoms with van der Waals surface area (Å²) in [7, 11) is 0. The fraction of sp³-hybridized carbons (Fsp3) is 0.526. The predicted octanol–water partition coefficient (Wildman–Crippen LogP) is 4.09. The van der Waals surface area contributed by atoms with Gasteiger partial charge in [0.2, 0.25) is 17.6 Å². The number of benzene rings is 1. The lowest BCUT2D eigenvalue weighted by Crippen LogP contribution is -2.31. The first-order valence-corrected chi connectivity index (χ1v) is 9.23. The highest BCUT2D eigenvalue weighted by Crippen LogP contribution is 2.32. The van der Waals surface area contributed by atoms with Crippen LogP contribution in [0.25, 0.3) is 11.4 Å². The summed E-state index contributed by atoms with van der Waals surface area (Å²) in [5.74, 6) is 0.0269. The lowest BCUT2D eigenvalue weighted by molar-refractivity contribution is -0.137. The van der Waals surface area contributed by atoms with Crippen LogP contribution in [-0.2, 0) is 11.0 Å². The van der Waals surface area contributed by atoms with Gasteiger partial charge in [-0.3, -0.25) is 4.79 Å². The van der Waals surface area contributed by atoms with Gasteiger partial charge in [-0.2, -0.15) is 18.2 Å². The summed E-state index contributed by atoms with van der Waals surface area (Å²) in [6.07, 6.45) is -1.63. The number of halogens is 3. The molecule has 0 bridgehead atoms. The van der Waals surface area contributed by atoms with Gasteiger partial charge in [-0.15, -0.1) is 0 Å². The van der Waals surface area contributed by atoms with Crippen LogP contribution >= 0.6 is 0 Å². The molecule has 0 spiro atoms. The van der Waals surface area contributed by atoms with Crippen molar-refractivity contribution in [3.05, 3.63) is 35.7 Å². The first kappa shape index (κ1) is 21.9. The van der Waals surface area contributed by atoms with Crippen LogP contribution in [0.5, 0.6) is 0 Å². The molecule has 1 heterocycles. The van der Waals surface area contributed by atoms with Crippen LogP contribution < -0.4 is 11.1 Å². The highest BCUT2D eigenvalue weighted by Gasteiger charge is 2.31. The Bertz CT molecular complexity index is 775. The molecule has 1 aromatic heterocycles. The van der Waals surface area contributed by atoms with E-state index < -0.39 is 17.8 Å². The zero-order valence-corrected chi connectivity index (χ0v) is 15.9. The molecule has 0 aliphatic rings. The maximum atomic E-state index is 12.9. The second kappa shape index (κ2) is 9.68. The molecule has 1 amide bonds. The summed E-state index contributed by atoms with van der Waals surface area (Å²) in [6.45, 7) is 4.36. The fourth-order valence-electron chi connectivity index (χ4n) is 2.68. The zero-order chi connectivity index (χ0) is 20.7. The van der Waals surface area contributed by atoms with E-state index in [4.69, 9.17) is 10.3 Å². The molecular formula is C19H25F3N4O2. The van der Waals surface area contributed by atoms with E-state index in [1.807, 2.05) is 13.8 Å². The number of nitrogens with one attached hydrogen (secondary N) is 1. The van der Waals surface area contributed by atoms with Crippen LogP contribution in [0.1, 0.15) is 57.0 Å².